The van der Waals surface area contributed by atoms with E-state index in [2.05, 4.69) is 17.1 Å². The first kappa shape index (κ1) is 17.1. The largest absolute Gasteiger partial charge is 0.395 e. The molecule has 2 rings (SSSR count). The van der Waals surface area contributed by atoms with Crippen LogP contribution < -0.4 is 5.32 Å². The predicted octanol–water partition coefficient (Wildman–Crippen LogP) is 2.57. The highest BCUT2D eigenvalue weighted by Gasteiger charge is 2.25. The third-order valence-electron chi connectivity index (χ3n) is 4.23. The van der Waals surface area contributed by atoms with E-state index in [0.29, 0.717) is 23.8 Å². The van der Waals surface area contributed by atoms with Gasteiger partial charge in [-0.05, 0) is 25.0 Å². The summed E-state index contributed by atoms with van der Waals surface area (Å²) in [6.45, 7) is 7.04. The third kappa shape index (κ3) is 3.91. The molecule has 1 aliphatic rings. The van der Waals surface area contributed by atoms with Gasteiger partial charge in [0.05, 0.1) is 17.3 Å². The highest BCUT2D eigenvalue weighted by Crippen LogP contribution is 2.25. The Bertz CT molecular complexity index is 512. The number of carbonyl (C=O) groups excluding carboxylic acids is 1. The van der Waals surface area contributed by atoms with E-state index in [1.54, 1.807) is 4.90 Å². The van der Waals surface area contributed by atoms with Gasteiger partial charge in [0.15, 0.2) is 0 Å². The summed E-state index contributed by atoms with van der Waals surface area (Å²) in [5, 5.41) is 12.8. The molecule has 1 saturated heterocycles. The fourth-order valence-electron chi connectivity index (χ4n) is 2.73. The minimum atomic E-state index is -0.121. The number of nitrogens with zero attached hydrogens (tertiary/aromatic N) is 2. The van der Waals surface area contributed by atoms with Gasteiger partial charge in [0.1, 0.15) is 0 Å². The molecular weight excluding hydrogens is 302 g/mol. The number of hydrogen-bond acceptors (Lipinski definition) is 3. The maximum Gasteiger partial charge on any atom is 0.321 e. The van der Waals surface area contributed by atoms with Gasteiger partial charge >= 0.3 is 6.03 Å². The average Bonchev–Trinajstić information content (AvgIpc) is 2.53. The fourth-order valence-corrected chi connectivity index (χ4v) is 2.90. The van der Waals surface area contributed by atoms with Crippen LogP contribution in [-0.4, -0.2) is 59.8 Å². The van der Waals surface area contributed by atoms with Gasteiger partial charge in [0.25, 0.3) is 0 Å². The topological polar surface area (TPSA) is 55.8 Å². The Kier molecular flexibility index (Phi) is 6.06. The molecular formula is C16H24ClN3O2. The summed E-state index contributed by atoms with van der Waals surface area (Å²) in [6.07, 6.45) is 0.918. The lowest BCUT2D eigenvalue weighted by Gasteiger charge is -2.38. The van der Waals surface area contributed by atoms with Gasteiger partial charge in [-0.25, -0.2) is 4.79 Å². The summed E-state index contributed by atoms with van der Waals surface area (Å²) in [7, 11) is 0. The van der Waals surface area contributed by atoms with E-state index in [0.717, 1.165) is 25.1 Å². The Morgan fingerprint density at radius 3 is 2.64 bits per heavy atom. The lowest BCUT2D eigenvalue weighted by molar-refractivity contribution is 0.0766. The van der Waals surface area contributed by atoms with Crippen molar-refractivity contribution in [2.45, 2.75) is 26.3 Å². The number of nitrogens with one attached hydrogen (secondary N) is 1. The summed E-state index contributed by atoms with van der Waals surface area (Å²) in [4.78, 5) is 16.4. The monoisotopic (exact) mass is 325 g/mol. The van der Waals surface area contributed by atoms with Crippen molar-refractivity contribution in [3.05, 3.63) is 28.8 Å². The van der Waals surface area contributed by atoms with E-state index in [4.69, 9.17) is 11.6 Å². The first-order valence-electron chi connectivity index (χ1n) is 7.72. The molecule has 5 nitrogen and oxygen atoms in total. The number of piperazine rings is 1. The molecule has 0 radical (unpaired) electrons. The van der Waals surface area contributed by atoms with Crippen molar-refractivity contribution < 1.29 is 9.90 Å². The van der Waals surface area contributed by atoms with Crippen molar-refractivity contribution in [1.82, 2.24) is 9.80 Å². The second-order valence-electron chi connectivity index (χ2n) is 5.63. The van der Waals surface area contributed by atoms with Crippen LogP contribution >= 0.6 is 11.6 Å². The zero-order chi connectivity index (χ0) is 16.1. The zero-order valence-corrected chi connectivity index (χ0v) is 13.9. The number of aliphatic hydroxyl groups is 1. The number of amides is 2. The number of aliphatic hydroxyl groups excluding tert-OH is 1. The lowest BCUT2D eigenvalue weighted by atomic mass is 10.1. The Morgan fingerprint density at radius 2 is 2.05 bits per heavy atom. The molecule has 1 aromatic carbocycles. The van der Waals surface area contributed by atoms with Gasteiger partial charge in [-0.2, -0.15) is 0 Å². The van der Waals surface area contributed by atoms with Crippen LogP contribution in [0.3, 0.4) is 0 Å². The molecule has 0 unspecified atom stereocenters. The van der Waals surface area contributed by atoms with Crippen molar-refractivity contribution in [3.8, 4) is 0 Å². The Labute approximate surface area is 136 Å². The number of halogens is 1. The molecule has 122 valence electrons. The van der Waals surface area contributed by atoms with Gasteiger partial charge in [0.2, 0.25) is 0 Å². The molecule has 0 bridgehead atoms. The minimum Gasteiger partial charge on any atom is -0.395 e. The van der Waals surface area contributed by atoms with Crippen LogP contribution in [0.1, 0.15) is 18.9 Å². The van der Waals surface area contributed by atoms with Gasteiger partial charge in [-0.15, -0.1) is 0 Å². The second-order valence-corrected chi connectivity index (χ2v) is 6.01. The molecule has 1 heterocycles. The summed E-state index contributed by atoms with van der Waals surface area (Å²) in [5.41, 5.74) is 1.59. The standard InChI is InChI=1S/C16H24ClN3O2/c1-3-13(11-21)19-7-9-20(10-8-19)16(22)18-14-6-4-5-12(2)15(14)17/h4-6,13,21H,3,7-11H2,1-2H3,(H,18,22)/t13-/m1/s1. The smallest absolute Gasteiger partial charge is 0.321 e. The number of carbonyl (C=O) groups is 1. The highest BCUT2D eigenvalue weighted by atomic mass is 35.5. The molecule has 1 aromatic rings. The number of anilines is 1. The summed E-state index contributed by atoms with van der Waals surface area (Å²) >= 11 is 6.21. The van der Waals surface area contributed by atoms with Crippen molar-refractivity contribution in [3.63, 3.8) is 0 Å². The minimum absolute atomic E-state index is 0.121. The lowest BCUT2D eigenvalue weighted by Crippen LogP contribution is -2.53. The highest BCUT2D eigenvalue weighted by molar-refractivity contribution is 6.34. The van der Waals surface area contributed by atoms with Gasteiger partial charge in [-0.1, -0.05) is 30.7 Å². The Balaban J connectivity index is 1.91. The third-order valence-corrected chi connectivity index (χ3v) is 4.73. The van der Waals surface area contributed by atoms with E-state index >= 15 is 0 Å². The molecule has 6 heteroatoms. The van der Waals surface area contributed by atoms with E-state index in [1.165, 1.54) is 0 Å². The zero-order valence-electron chi connectivity index (χ0n) is 13.2. The predicted molar refractivity (Wildman–Crippen MR) is 89.5 cm³/mol. The van der Waals surface area contributed by atoms with Crippen LogP contribution in [0.25, 0.3) is 0 Å². The molecule has 1 atom stereocenters. The van der Waals surface area contributed by atoms with E-state index in [9.17, 15) is 9.90 Å². The molecule has 1 fully saturated rings. The van der Waals surface area contributed by atoms with Crippen LogP contribution in [0.15, 0.2) is 18.2 Å². The van der Waals surface area contributed by atoms with Crippen LogP contribution in [0.2, 0.25) is 5.02 Å². The van der Waals surface area contributed by atoms with Gasteiger partial charge < -0.3 is 15.3 Å². The first-order valence-corrected chi connectivity index (χ1v) is 8.10. The number of hydrogen-bond donors (Lipinski definition) is 2. The SMILES string of the molecule is CC[C@H](CO)N1CCN(C(=O)Nc2cccc(C)c2Cl)CC1. The average molecular weight is 326 g/mol. The molecule has 0 aromatic heterocycles. The van der Waals surface area contributed by atoms with Crippen LogP contribution in [0.5, 0.6) is 0 Å². The molecule has 22 heavy (non-hydrogen) atoms. The number of urea groups is 1. The van der Waals surface area contributed by atoms with Crippen LogP contribution in [-0.2, 0) is 0 Å². The fraction of sp³-hybridized carbons (Fsp3) is 0.562. The number of benzene rings is 1. The Morgan fingerprint density at radius 1 is 1.36 bits per heavy atom. The van der Waals surface area contributed by atoms with E-state index in [-0.39, 0.29) is 18.7 Å². The van der Waals surface area contributed by atoms with Crippen LogP contribution in [0, 0.1) is 6.92 Å². The molecule has 0 spiro atoms. The maximum atomic E-state index is 12.3. The van der Waals surface area contributed by atoms with E-state index < -0.39 is 0 Å². The van der Waals surface area contributed by atoms with E-state index in [1.807, 2.05) is 25.1 Å². The van der Waals surface area contributed by atoms with Crippen molar-refractivity contribution >= 4 is 23.3 Å². The second kappa shape index (κ2) is 7.81. The van der Waals surface area contributed by atoms with Crippen LogP contribution in [0.4, 0.5) is 10.5 Å². The normalized spacial score (nSPS) is 17.4. The van der Waals surface area contributed by atoms with Gasteiger partial charge in [0, 0.05) is 32.2 Å². The number of aryl methyl sites for hydroxylation is 1. The molecule has 2 amide bonds. The Hall–Kier alpha value is -1.30. The van der Waals surface area contributed by atoms with Gasteiger partial charge in [-0.3, -0.25) is 4.90 Å². The summed E-state index contributed by atoms with van der Waals surface area (Å²) < 4.78 is 0. The summed E-state index contributed by atoms with van der Waals surface area (Å²) in [6, 6.07) is 5.67. The molecule has 0 aliphatic carbocycles. The quantitative estimate of drug-likeness (QED) is 0.894. The molecule has 2 N–H and O–H groups in total. The first-order chi connectivity index (χ1) is 10.6. The van der Waals surface area contributed by atoms with Crippen molar-refractivity contribution in [1.29, 1.82) is 0 Å². The van der Waals surface area contributed by atoms with Crippen molar-refractivity contribution in [2.24, 2.45) is 0 Å². The molecule has 1 aliphatic heterocycles. The number of rotatable bonds is 4. The van der Waals surface area contributed by atoms with Crippen molar-refractivity contribution in [2.75, 3.05) is 38.1 Å². The maximum absolute atomic E-state index is 12.3. The molecule has 0 saturated carbocycles. The summed E-state index contributed by atoms with van der Waals surface area (Å²) in [5.74, 6) is 0.